The Morgan fingerprint density at radius 3 is 2.00 bits per heavy atom. The summed E-state index contributed by atoms with van der Waals surface area (Å²) in [6, 6.07) is -3.42. The topological polar surface area (TPSA) is 177 Å². The van der Waals surface area contributed by atoms with Crippen LogP contribution in [0.3, 0.4) is 0 Å². The van der Waals surface area contributed by atoms with Gasteiger partial charge in [-0.05, 0) is 64.2 Å². The Morgan fingerprint density at radius 1 is 0.913 bits per heavy atom. The van der Waals surface area contributed by atoms with E-state index in [-0.39, 0.29) is 30.2 Å². The number of ketones is 1. The Kier molecular flexibility index (Phi) is 17.9. The number of hydrogen-bond donors (Lipinski definition) is 4. The number of nitrogens with two attached hydrogens (primary N) is 1. The normalized spacial score (nSPS) is 21.1. The number of ether oxygens (including phenoxy) is 1. The molecule has 0 aromatic carbocycles. The van der Waals surface area contributed by atoms with Gasteiger partial charge in [0.25, 0.3) is 5.91 Å². The van der Waals surface area contributed by atoms with Crippen LogP contribution < -0.4 is 21.7 Å². The smallest absolute Gasteiger partial charge is 0.325 e. The molecular formula is C34H61N5O7. The van der Waals surface area contributed by atoms with Crippen LogP contribution in [0.15, 0.2) is 0 Å². The second-order valence-electron chi connectivity index (χ2n) is 13.7. The zero-order valence-electron chi connectivity index (χ0n) is 29.5. The number of primary amides is 1. The summed E-state index contributed by atoms with van der Waals surface area (Å²) in [5.41, 5.74) is 4.56. The Bertz CT molecular complexity index is 1020. The average molecular weight is 652 g/mol. The van der Waals surface area contributed by atoms with Crippen LogP contribution in [-0.2, 0) is 28.7 Å². The molecule has 5 N–H and O–H groups in total. The van der Waals surface area contributed by atoms with Crippen molar-refractivity contribution in [2.75, 3.05) is 13.1 Å². The van der Waals surface area contributed by atoms with Gasteiger partial charge in [-0.3, -0.25) is 24.0 Å². The van der Waals surface area contributed by atoms with Crippen LogP contribution in [0.2, 0.25) is 0 Å². The van der Waals surface area contributed by atoms with Gasteiger partial charge >= 0.3 is 12.0 Å². The molecule has 2 saturated carbocycles. The first-order valence-corrected chi connectivity index (χ1v) is 17.4. The van der Waals surface area contributed by atoms with Crippen LogP contribution in [0.4, 0.5) is 4.79 Å². The van der Waals surface area contributed by atoms with Crippen LogP contribution >= 0.6 is 0 Å². The molecule has 264 valence electrons. The molecule has 5 amide bonds. The molecule has 4 unspecified atom stereocenters. The largest absolute Gasteiger partial charge is 0.459 e. The Labute approximate surface area is 276 Å². The molecule has 0 aromatic heterocycles. The van der Waals surface area contributed by atoms with E-state index in [0.717, 1.165) is 51.4 Å². The number of esters is 1. The van der Waals surface area contributed by atoms with Crippen molar-refractivity contribution < 1.29 is 33.5 Å². The van der Waals surface area contributed by atoms with Gasteiger partial charge in [0.05, 0.1) is 6.04 Å². The van der Waals surface area contributed by atoms with Gasteiger partial charge < -0.3 is 31.3 Å². The van der Waals surface area contributed by atoms with Crippen molar-refractivity contribution >= 4 is 35.5 Å². The summed E-state index contributed by atoms with van der Waals surface area (Å²) in [4.78, 5) is 78.1. The molecule has 1 saturated heterocycles. The molecule has 3 aliphatic rings. The minimum Gasteiger partial charge on any atom is -0.459 e. The van der Waals surface area contributed by atoms with E-state index >= 15 is 0 Å². The highest BCUT2D eigenvalue weighted by atomic mass is 16.6. The van der Waals surface area contributed by atoms with Gasteiger partial charge in [-0.1, -0.05) is 79.6 Å². The average Bonchev–Trinajstić information content (AvgIpc) is 3.38. The molecule has 0 spiro atoms. The second kappa shape index (κ2) is 20.1. The molecule has 46 heavy (non-hydrogen) atoms. The van der Waals surface area contributed by atoms with E-state index in [1.54, 1.807) is 20.8 Å². The van der Waals surface area contributed by atoms with E-state index in [9.17, 15) is 28.8 Å². The van der Waals surface area contributed by atoms with Gasteiger partial charge in [0.15, 0.2) is 0 Å². The Balaban J connectivity index is 0.00000199. The second-order valence-corrected chi connectivity index (χ2v) is 13.7. The third-order valence-electron chi connectivity index (χ3n) is 8.25. The van der Waals surface area contributed by atoms with Gasteiger partial charge in [-0.2, -0.15) is 0 Å². The molecular weight excluding hydrogens is 590 g/mol. The van der Waals surface area contributed by atoms with E-state index in [2.05, 4.69) is 29.8 Å². The highest BCUT2D eigenvalue weighted by Gasteiger charge is 2.44. The van der Waals surface area contributed by atoms with Crippen LogP contribution in [0.25, 0.3) is 0 Å². The summed E-state index contributed by atoms with van der Waals surface area (Å²) in [6.07, 6.45) is 9.27. The van der Waals surface area contributed by atoms with Crippen LogP contribution in [0.5, 0.6) is 0 Å². The molecule has 2 aliphatic carbocycles. The number of carbonyl (C=O) groups is 6. The Hall–Kier alpha value is -3.18. The van der Waals surface area contributed by atoms with Crippen molar-refractivity contribution in [3.05, 3.63) is 0 Å². The summed E-state index contributed by atoms with van der Waals surface area (Å²) in [5, 5.41) is 7.98. The number of urea groups is 1. The quantitative estimate of drug-likeness (QED) is 0.193. The van der Waals surface area contributed by atoms with Crippen molar-refractivity contribution in [3.8, 4) is 0 Å². The molecule has 0 bridgehead atoms. The van der Waals surface area contributed by atoms with Crippen molar-refractivity contribution in [2.45, 2.75) is 150 Å². The number of likely N-dealkylation sites (tertiary alicyclic amines) is 1. The number of amides is 5. The minimum absolute atomic E-state index is 0.0135. The number of hydrogen-bond acceptors (Lipinski definition) is 7. The first-order chi connectivity index (χ1) is 21.7. The number of carbonyl (C=O) groups excluding carboxylic acids is 6. The molecule has 4 atom stereocenters. The molecule has 12 heteroatoms. The monoisotopic (exact) mass is 651 g/mol. The van der Waals surface area contributed by atoms with E-state index < -0.39 is 53.3 Å². The summed E-state index contributed by atoms with van der Waals surface area (Å²) in [7, 11) is 0. The third-order valence-corrected chi connectivity index (χ3v) is 8.25. The van der Waals surface area contributed by atoms with Crippen LogP contribution in [-0.4, -0.2) is 77.2 Å². The molecule has 3 fully saturated rings. The van der Waals surface area contributed by atoms with Crippen LogP contribution in [0, 0.1) is 17.8 Å². The zero-order valence-corrected chi connectivity index (χ0v) is 29.5. The maximum absolute atomic E-state index is 14.0. The molecule has 1 aliphatic heterocycles. The zero-order chi connectivity index (χ0) is 35.0. The van der Waals surface area contributed by atoms with Crippen molar-refractivity contribution in [3.63, 3.8) is 0 Å². The van der Waals surface area contributed by atoms with Gasteiger partial charge in [0.1, 0.15) is 24.2 Å². The minimum atomic E-state index is -1.10. The van der Waals surface area contributed by atoms with E-state index in [0.29, 0.717) is 19.4 Å². The van der Waals surface area contributed by atoms with Gasteiger partial charge in [-0.15, -0.1) is 0 Å². The van der Waals surface area contributed by atoms with E-state index in [1.807, 2.05) is 20.8 Å². The van der Waals surface area contributed by atoms with Gasteiger partial charge in [0, 0.05) is 6.54 Å². The van der Waals surface area contributed by atoms with E-state index in [4.69, 9.17) is 10.5 Å². The lowest BCUT2D eigenvalue weighted by atomic mass is 9.80. The van der Waals surface area contributed by atoms with E-state index in [1.165, 1.54) is 11.3 Å². The molecule has 3 rings (SSSR count). The van der Waals surface area contributed by atoms with Crippen molar-refractivity contribution in [1.29, 1.82) is 0 Å². The summed E-state index contributed by atoms with van der Waals surface area (Å²) >= 11 is 0. The van der Waals surface area contributed by atoms with Gasteiger partial charge in [-0.25, -0.2) is 4.79 Å². The molecule has 0 radical (unpaired) electrons. The number of Topliss-reactive ketones (excluding diaryl/α,β-unsaturated/α-hetero) is 1. The highest BCUT2D eigenvalue weighted by molar-refractivity contribution is 6.37. The number of rotatable bonds is 11. The third kappa shape index (κ3) is 13.7. The Morgan fingerprint density at radius 2 is 1.50 bits per heavy atom. The maximum Gasteiger partial charge on any atom is 0.325 e. The fraction of sp³-hybridized carbons (Fsp3) is 0.824. The fourth-order valence-electron chi connectivity index (χ4n) is 6.02. The lowest BCUT2D eigenvalue weighted by molar-refractivity contribution is -0.153. The van der Waals surface area contributed by atoms with Crippen molar-refractivity contribution in [2.24, 2.45) is 23.5 Å². The SMILES string of the molecule is CC.CC1CC(C(=O)NC(CC2CCC2)C(=O)C(N)=O)N(C(=O)C(NC(=O)NCC(=O)OC(C)(C)C)C2CCCCC2)C1.CCC. The standard InChI is InChI=1S/C29H47N5O7.C3H8.C2H6/c1-17-13-21(26(38)32-20(24(36)25(30)37)14-18-9-8-10-18)34(16-17)27(39)23(19-11-6-5-7-12-19)33-28(40)31-15-22(35)41-29(2,3)4;1-3-2;1-2/h17-21,23H,5-16H2,1-4H3,(H2,30,37)(H,32,38)(H2,31,33,40);3H2,1-2H3;1-2H3. The first-order valence-electron chi connectivity index (χ1n) is 17.4. The summed E-state index contributed by atoms with van der Waals surface area (Å²) in [5.74, 6) is -3.27. The van der Waals surface area contributed by atoms with Gasteiger partial charge in [0.2, 0.25) is 17.6 Å². The highest BCUT2D eigenvalue weighted by Crippen LogP contribution is 2.32. The molecule has 0 aromatic rings. The molecule has 1 heterocycles. The fourth-order valence-corrected chi connectivity index (χ4v) is 6.02. The number of nitrogens with one attached hydrogen (secondary N) is 3. The predicted molar refractivity (Wildman–Crippen MR) is 177 cm³/mol. The lowest BCUT2D eigenvalue weighted by Crippen LogP contribution is -2.59. The summed E-state index contributed by atoms with van der Waals surface area (Å²) < 4.78 is 5.23. The summed E-state index contributed by atoms with van der Waals surface area (Å²) in [6.45, 7) is 15.3. The predicted octanol–water partition coefficient (Wildman–Crippen LogP) is 3.99. The number of nitrogens with zero attached hydrogens (tertiary/aromatic N) is 1. The lowest BCUT2D eigenvalue weighted by Gasteiger charge is -2.35. The van der Waals surface area contributed by atoms with Crippen LogP contribution in [0.1, 0.15) is 126 Å². The molecule has 12 nitrogen and oxygen atoms in total. The maximum atomic E-state index is 14.0. The van der Waals surface area contributed by atoms with Crippen molar-refractivity contribution in [1.82, 2.24) is 20.9 Å². The first kappa shape index (κ1) is 40.8.